The fourth-order valence-corrected chi connectivity index (χ4v) is 2.22. The number of amides is 2. The van der Waals surface area contributed by atoms with Gasteiger partial charge in [0, 0.05) is 25.7 Å². The minimum absolute atomic E-state index is 0.103. The van der Waals surface area contributed by atoms with Gasteiger partial charge in [-0.1, -0.05) is 20.8 Å². The number of piperidine rings is 1. The fourth-order valence-electron chi connectivity index (χ4n) is 2.22. The number of carbonyl (C=O) groups is 1. The molecule has 0 radical (unpaired) electrons. The molecule has 0 bridgehead atoms. The Balaban J connectivity index is 2.33. The second-order valence-corrected chi connectivity index (χ2v) is 6.75. The highest BCUT2D eigenvalue weighted by Crippen LogP contribution is 2.17. The SMILES string of the molecule is CN(C)C1CCCN(C(=O)NCCC(C)(C)C)C1. The van der Waals surface area contributed by atoms with Crippen molar-refractivity contribution in [2.75, 3.05) is 33.7 Å². The van der Waals surface area contributed by atoms with Gasteiger partial charge in [0.1, 0.15) is 0 Å². The molecule has 1 aliphatic rings. The lowest BCUT2D eigenvalue weighted by Gasteiger charge is -2.36. The molecule has 1 aliphatic heterocycles. The Morgan fingerprint density at radius 1 is 1.39 bits per heavy atom. The molecule has 0 saturated carbocycles. The van der Waals surface area contributed by atoms with Gasteiger partial charge in [0.05, 0.1) is 0 Å². The summed E-state index contributed by atoms with van der Waals surface area (Å²) in [4.78, 5) is 16.2. The van der Waals surface area contributed by atoms with E-state index in [0.29, 0.717) is 6.04 Å². The quantitative estimate of drug-likeness (QED) is 0.839. The number of rotatable bonds is 3. The molecule has 2 amide bonds. The Morgan fingerprint density at radius 3 is 2.61 bits per heavy atom. The van der Waals surface area contributed by atoms with Gasteiger partial charge < -0.3 is 15.1 Å². The van der Waals surface area contributed by atoms with Gasteiger partial charge in [0.2, 0.25) is 0 Å². The average Bonchev–Trinajstić information content (AvgIpc) is 2.27. The highest BCUT2D eigenvalue weighted by atomic mass is 16.2. The van der Waals surface area contributed by atoms with Crippen LogP contribution in [0.15, 0.2) is 0 Å². The van der Waals surface area contributed by atoms with Crippen molar-refractivity contribution in [3.63, 3.8) is 0 Å². The third kappa shape index (κ3) is 5.25. The lowest BCUT2D eigenvalue weighted by molar-refractivity contribution is 0.139. The number of nitrogens with zero attached hydrogens (tertiary/aromatic N) is 2. The van der Waals surface area contributed by atoms with Crippen LogP contribution in [0.2, 0.25) is 0 Å². The number of likely N-dealkylation sites (tertiary alicyclic amines) is 1. The third-order valence-corrected chi connectivity index (χ3v) is 3.57. The van der Waals surface area contributed by atoms with Gasteiger partial charge in [-0.15, -0.1) is 0 Å². The minimum Gasteiger partial charge on any atom is -0.338 e. The molecule has 1 unspecified atom stereocenters. The first-order valence-corrected chi connectivity index (χ1v) is 6.99. The smallest absolute Gasteiger partial charge is 0.317 e. The van der Waals surface area contributed by atoms with Crippen LogP contribution in [0.25, 0.3) is 0 Å². The minimum atomic E-state index is 0.103. The molecule has 4 nitrogen and oxygen atoms in total. The largest absolute Gasteiger partial charge is 0.338 e. The Labute approximate surface area is 112 Å². The molecule has 18 heavy (non-hydrogen) atoms. The van der Waals surface area contributed by atoms with Gasteiger partial charge in [-0.05, 0) is 38.8 Å². The lowest BCUT2D eigenvalue weighted by Crippen LogP contribution is -2.51. The van der Waals surface area contributed by atoms with Crippen molar-refractivity contribution >= 4 is 6.03 Å². The maximum atomic E-state index is 12.0. The van der Waals surface area contributed by atoms with Crippen LogP contribution in [-0.2, 0) is 0 Å². The molecule has 1 heterocycles. The number of nitrogens with one attached hydrogen (secondary N) is 1. The molecule has 1 N–H and O–H groups in total. The first kappa shape index (κ1) is 15.3. The zero-order valence-corrected chi connectivity index (χ0v) is 12.6. The summed E-state index contributed by atoms with van der Waals surface area (Å²) in [6, 6.07) is 0.609. The van der Waals surface area contributed by atoms with Crippen molar-refractivity contribution in [1.82, 2.24) is 15.1 Å². The van der Waals surface area contributed by atoms with Crippen molar-refractivity contribution in [1.29, 1.82) is 0 Å². The van der Waals surface area contributed by atoms with E-state index in [9.17, 15) is 4.79 Å². The maximum Gasteiger partial charge on any atom is 0.317 e. The van der Waals surface area contributed by atoms with Crippen LogP contribution in [-0.4, -0.2) is 55.6 Å². The summed E-state index contributed by atoms with van der Waals surface area (Å²) in [6.45, 7) is 9.11. The Kier molecular flexibility index (Phi) is 5.45. The van der Waals surface area contributed by atoms with E-state index in [1.54, 1.807) is 0 Å². The van der Waals surface area contributed by atoms with E-state index in [1.165, 1.54) is 6.42 Å². The Hall–Kier alpha value is -0.770. The van der Waals surface area contributed by atoms with E-state index >= 15 is 0 Å². The molecule has 1 rings (SSSR count). The highest BCUT2D eigenvalue weighted by molar-refractivity contribution is 5.74. The summed E-state index contributed by atoms with van der Waals surface area (Å²) in [6.07, 6.45) is 3.32. The summed E-state index contributed by atoms with van der Waals surface area (Å²) in [5.74, 6) is 0. The van der Waals surface area contributed by atoms with E-state index in [1.807, 2.05) is 4.90 Å². The number of hydrogen-bond acceptors (Lipinski definition) is 2. The standard InChI is InChI=1S/C14H29N3O/c1-14(2,3)8-9-15-13(18)17-10-6-7-12(11-17)16(4)5/h12H,6-11H2,1-5H3,(H,15,18). The van der Waals surface area contributed by atoms with Crippen LogP contribution in [0.1, 0.15) is 40.0 Å². The second-order valence-electron chi connectivity index (χ2n) is 6.75. The van der Waals surface area contributed by atoms with E-state index in [-0.39, 0.29) is 11.4 Å². The number of likely N-dealkylation sites (N-methyl/N-ethyl adjacent to an activating group) is 1. The Bertz CT molecular complexity index is 271. The summed E-state index contributed by atoms with van der Waals surface area (Å²) in [5.41, 5.74) is 0.279. The molecule has 0 aliphatic carbocycles. The first-order valence-electron chi connectivity index (χ1n) is 6.99. The van der Waals surface area contributed by atoms with Gasteiger partial charge in [0.25, 0.3) is 0 Å². The zero-order chi connectivity index (χ0) is 13.8. The van der Waals surface area contributed by atoms with Gasteiger partial charge in [-0.3, -0.25) is 0 Å². The van der Waals surface area contributed by atoms with Gasteiger partial charge in [0.15, 0.2) is 0 Å². The van der Waals surface area contributed by atoms with Crippen LogP contribution in [0.5, 0.6) is 0 Å². The molecule has 0 spiro atoms. The molecule has 0 aromatic carbocycles. The normalized spacial score (nSPS) is 21.2. The van der Waals surface area contributed by atoms with Gasteiger partial charge in [-0.2, -0.15) is 0 Å². The molecule has 1 fully saturated rings. The average molecular weight is 255 g/mol. The molecule has 4 heteroatoms. The predicted octanol–water partition coefficient (Wildman–Crippen LogP) is 2.16. The fraction of sp³-hybridized carbons (Fsp3) is 0.929. The summed E-state index contributed by atoms with van der Waals surface area (Å²) >= 11 is 0. The molecular formula is C14H29N3O. The van der Waals surface area contributed by atoms with Crippen molar-refractivity contribution in [3.05, 3.63) is 0 Å². The first-order chi connectivity index (χ1) is 8.29. The van der Waals surface area contributed by atoms with Gasteiger partial charge >= 0.3 is 6.03 Å². The summed E-state index contributed by atoms with van der Waals surface area (Å²) < 4.78 is 0. The summed E-state index contributed by atoms with van der Waals surface area (Å²) in [7, 11) is 4.18. The van der Waals surface area contributed by atoms with E-state index < -0.39 is 0 Å². The van der Waals surface area contributed by atoms with Gasteiger partial charge in [-0.25, -0.2) is 4.79 Å². The Morgan fingerprint density at radius 2 is 2.06 bits per heavy atom. The highest BCUT2D eigenvalue weighted by Gasteiger charge is 2.24. The molecule has 106 valence electrons. The van der Waals surface area contributed by atoms with Crippen molar-refractivity contribution in [2.24, 2.45) is 5.41 Å². The van der Waals surface area contributed by atoms with E-state index in [0.717, 1.165) is 32.5 Å². The summed E-state index contributed by atoms with van der Waals surface area (Å²) in [5, 5.41) is 3.04. The second kappa shape index (κ2) is 6.41. The maximum absolute atomic E-state index is 12.0. The van der Waals surface area contributed by atoms with Crippen molar-refractivity contribution < 1.29 is 4.79 Å². The third-order valence-electron chi connectivity index (χ3n) is 3.57. The number of urea groups is 1. The predicted molar refractivity (Wildman–Crippen MR) is 75.8 cm³/mol. The van der Waals surface area contributed by atoms with Crippen molar-refractivity contribution in [2.45, 2.75) is 46.1 Å². The topological polar surface area (TPSA) is 35.6 Å². The molecule has 0 aromatic heterocycles. The van der Waals surface area contributed by atoms with E-state index in [4.69, 9.17) is 0 Å². The van der Waals surface area contributed by atoms with Crippen LogP contribution >= 0.6 is 0 Å². The lowest BCUT2D eigenvalue weighted by atomic mass is 9.92. The molecule has 1 saturated heterocycles. The van der Waals surface area contributed by atoms with E-state index in [2.05, 4.69) is 45.1 Å². The van der Waals surface area contributed by atoms with Crippen LogP contribution < -0.4 is 5.32 Å². The van der Waals surface area contributed by atoms with Crippen LogP contribution in [0.3, 0.4) is 0 Å². The molecule has 0 aromatic rings. The number of hydrogen-bond donors (Lipinski definition) is 1. The monoisotopic (exact) mass is 255 g/mol. The van der Waals surface area contributed by atoms with Crippen LogP contribution in [0.4, 0.5) is 4.79 Å². The van der Waals surface area contributed by atoms with Crippen LogP contribution in [0, 0.1) is 5.41 Å². The number of carbonyl (C=O) groups excluding carboxylic acids is 1. The molecular weight excluding hydrogens is 226 g/mol. The van der Waals surface area contributed by atoms with Crippen molar-refractivity contribution in [3.8, 4) is 0 Å². The molecule has 1 atom stereocenters. The zero-order valence-electron chi connectivity index (χ0n) is 12.6.